The molecular weight excluding hydrogens is 671 g/mol. The number of para-hydroxylation sites is 3. The van der Waals surface area contributed by atoms with Crippen LogP contribution >= 0.6 is 0 Å². The van der Waals surface area contributed by atoms with Gasteiger partial charge in [0, 0.05) is 32.7 Å². The molecule has 0 saturated carbocycles. The first-order chi connectivity index (χ1) is 27.3. The molecule has 11 aromatic rings. The van der Waals surface area contributed by atoms with E-state index in [9.17, 15) is 0 Å². The van der Waals surface area contributed by atoms with Gasteiger partial charge in [0.05, 0.1) is 10.9 Å². The minimum Gasteiger partial charge on any atom is -0.455 e. The molecule has 1 aliphatic carbocycles. The molecule has 0 aliphatic heterocycles. The lowest BCUT2D eigenvalue weighted by Crippen LogP contribution is -2.28. The molecule has 4 nitrogen and oxygen atoms in total. The second-order valence-electron chi connectivity index (χ2n) is 14.5. The third kappa shape index (κ3) is 4.11. The summed E-state index contributed by atoms with van der Waals surface area (Å²) in [6.07, 6.45) is 0. The fourth-order valence-corrected chi connectivity index (χ4v) is 9.45. The molecule has 256 valence electrons. The Morgan fingerprint density at radius 3 is 1.75 bits per heavy atom. The van der Waals surface area contributed by atoms with Crippen molar-refractivity contribution in [3.05, 3.63) is 210 Å². The van der Waals surface area contributed by atoms with Crippen LogP contribution in [0.2, 0.25) is 0 Å². The quantitative estimate of drug-likeness (QED) is 0.172. The molecule has 0 N–H and O–H groups in total. The predicted molar refractivity (Wildman–Crippen MR) is 223 cm³/mol. The highest BCUT2D eigenvalue weighted by Gasteiger charge is 2.46. The van der Waals surface area contributed by atoms with Gasteiger partial charge < -0.3 is 4.42 Å². The number of rotatable bonds is 4. The van der Waals surface area contributed by atoms with E-state index >= 15 is 0 Å². The van der Waals surface area contributed by atoms with E-state index in [2.05, 4.69) is 186 Å². The highest BCUT2D eigenvalue weighted by atomic mass is 16.3. The third-order valence-corrected chi connectivity index (χ3v) is 11.8. The lowest BCUT2D eigenvalue weighted by atomic mass is 9.67. The summed E-state index contributed by atoms with van der Waals surface area (Å²) in [6.45, 7) is 0. The van der Waals surface area contributed by atoms with Crippen LogP contribution in [0.3, 0.4) is 0 Å². The van der Waals surface area contributed by atoms with E-state index in [4.69, 9.17) is 14.6 Å². The second kappa shape index (κ2) is 11.3. The highest BCUT2D eigenvalue weighted by Crippen LogP contribution is 2.57. The van der Waals surface area contributed by atoms with Crippen LogP contribution < -0.4 is 0 Å². The third-order valence-electron chi connectivity index (χ3n) is 11.8. The Balaban J connectivity index is 1.15. The molecule has 12 rings (SSSR count). The van der Waals surface area contributed by atoms with Gasteiger partial charge >= 0.3 is 0 Å². The molecule has 3 heterocycles. The van der Waals surface area contributed by atoms with Crippen LogP contribution in [0, 0.1) is 0 Å². The number of furan rings is 1. The van der Waals surface area contributed by atoms with E-state index in [1.807, 2.05) is 6.07 Å². The SMILES string of the molecule is c1ccc(C2(c3ccccc3)c3cc(-c4cccc5c4oc4ccccc45)ccc3-c3ccc(-c4nnc5c6ccccc6c6ccccc6n45)cc32)cc1. The fourth-order valence-electron chi connectivity index (χ4n) is 9.45. The van der Waals surface area contributed by atoms with E-state index in [0.29, 0.717) is 0 Å². The summed E-state index contributed by atoms with van der Waals surface area (Å²) in [5.41, 5.74) is 13.7. The molecule has 0 spiro atoms. The summed E-state index contributed by atoms with van der Waals surface area (Å²) in [7, 11) is 0. The van der Waals surface area contributed by atoms with Gasteiger partial charge in [-0.2, -0.15) is 0 Å². The molecule has 4 heteroatoms. The Kier molecular flexibility index (Phi) is 6.23. The van der Waals surface area contributed by atoms with Gasteiger partial charge in [0.2, 0.25) is 0 Å². The molecule has 55 heavy (non-hydrogen) atoms. The van der Waals surface area contributed by atoms with E-state index in [1.54, 1.807) is 0 Å². The summed E-state index contributed by atoms with van der Waals surface area (Å²) >= 11 is 0. The Morgan fingerprint density at radius 2 is 1.00 bits per heavy atom. The van der Waals surface area contributed by atoms with Gasteiger partial charge in [0.25, 0.3) is 0 Å². The molecule has 0 fully saturated rings. The number of aromatic nitrogens is 3. The van der Waals surface area contributed by atoms with Crippen LogP contribution in [0.15, 0.2) is 192 Å². The molecule has 3 aromatic heterocycles. The van der Waals surface area contributed by atoms with Crippen molar-refractivity contribution in [2.24, 2.45) is 0 Å². The van der Waals surface area contributed by atoms with Gasteiger partial charge in [0.15, 0.2) is 11.5 Å². The predicted octanol–water partition coefficient (Wildman–Crippen LogP) is 12.6. The van der Waals surface area contributed by atoms with E-state index < -0.39 is 5.41 Å². The van der Waals surface area contributed by atoms with Crippen molar-refractivity contribution >= 4 is 49.3 Å². The van der Waals surface area contributed by atoms with Crippen molar-refractivity contribution in [2.75, 3.05) is 0 Å². The summed E-state index contributed by atoms with van der Waals surface area (Å²) in [5, 5.41) is 15.5. The summed E-state index contributed by atoms with van der Waals surface area (Å²) < 4.78 is 8.81. The molecule has 0 atom stereocenters. The lowest BCUT2D eigenvalue weighted by molar-refractivity contribution is 0.670. The molecule has 0 bridgehead atoms. The Hall–Kier alpha value is -7.30. The van der Waals surface area contributed by atoms with Crippen molar-refractivity contribution in [3.63, 3.8) is 0 Å². The van der Waals surface area contributed by atoms with Gasteiger partial charge in [-0.05, 0) is 68.6 Å². The van der Waals surface area contributed by atoms with E-state index in [1.165, 1.54) is 44.2 Å². The van der Waals surface area contributed by atoms with Crippen LogP contribution in [-0.4, -0.2) is 14.6 Å². The minimum atomic E-state index is -0.615. The monoisotopic (exact) mass is 701 g/mol. The molecule has 0 amide bonds. The maximum atomic E-state index is 6.57. The van der Waals surface area contributed by atoms with Gasteiger partial charge in [-0.15, -0.1) is 10.2 Å². The van der Waals surface area contributed by atoms with Crippen LogP contribution in [-0.2, 0) is 5.41 Å². The van der Waals surface area contributed by atoms with Gasteiger partial charge in [-0.1, -0.05) is 164 Å². The molecule has 8 aromatic carbocycles. The zero-order valence-electron chi connectivity index (χ0n) is 29.6. The first-order valence-electron chi connectivity index (χ1n) is 18.7. The Labute approximate surface area is 316 Å². The molecule has 0 unspecified atom stereocenters. The first kappa shape index (κ1) is 30.2. The van der Waals surface area contributed by atoms with Crippen LogP contribution in [0.1, 0.15) is 22.3 Å². The smallest absolute Gasteiger partial charge is 0.169 e. The minimum absolute atomic E-state index is 0.615. The number of fused-ring (bicyclic) bond motifs is 12. The number of benzene rings is 8. The van der Waals surface area contributed by atoms with Crippen LogP contribution in [0.25, 0.3) is 82.9 Å². The highest BCUT2D eigenvalue weighted by molar-refractivity contribution is 6.12. The standard InChI is InChI=1S/C51H31N3O/c1-3-14-34(15-4-1)51(35-16-5-2-6-17-35)44-30-32(36-22-13-23-42-41-20-10-12-25-47(41)55-48(36)42)26-28-38(44)39-29-27-33(31-45(39)51)49-52-53-50-43-21-8-7-18-37(43)40-19-9-11-24-46(40)54(49)50/h1-31H. The van der Waals surface area contributed by atoms with Gasteiger partial charge in [-0.25, -0.2) is 0 Å². The van der Waals surface area contributed by atoms with Crippen molar-refractivity contribution < 1.29 is 4.42 Å². The number of hydrogen-bond donors (Lipinski definition) is 0. The maximum Gasteiger partial charge on any atom is 0.169 e. The fraction of sp³-hybridized carbons (Fsp3) is 0.0196. The number of hydrogen-bond acceptors (Lipinski definition) is 3. The number of nitrogens with zero attached hydrogens (tertiary/aromatic N) is 3. The molecule has 0 saturated heterocycles. The van der Waals surface area contributed by atoms with E-state index in [-0.39, 0.29) is 0 Å². The van der Waals surface area contributed by atoms with Gasteiger partial charge in [-0.3, -0.25) is 4.40 Å². The van der Waals surface area contributed by atoms with Crippen molar-refractivity contribution in [1.82, 2.24) is 14.6 Å². The zero-order valence-corrected chi connectivity index (χ0v) is 29.6. The molecule has 0 radical (unpaired) electrons. The van der Waals surface area contributed by atoms with Crippen molar-refractivity contribution in [1.29, 1.82) is 0 Å². The molecule has 1 aliphatic rings. The second-order valence-corrected chi connectivity index (χ2v) is 14.5. The van der Waals surface area contributed by atoms with Crippen LogP contribution in [0.4, 0.5) is 0 Å². The zero-order chi connectivity index (χ0) is 36.1. The average molecular weight is 702 g/mol. The summed E-state index contributed by atoms with van der Waals surface area (Å²) in [4.78, 5) is 0. The average Bonchev–Trinajstić information content (AvgIpc) is 3.96. The van der Waals surface area contributed by atoms with Crippen LogP contribution in [0.5, 0.6) is 0 Å². The lowest BCUT2D eigenvalue weighted by Gasteiger charge is -2.34. The van der Waals surface area contributed by atoms with Crippen molar-refractivity contribution in [2.45, 2.75) is 5.41 Å². The maximum absolute atomic E-state index is 6.57. The Morgan fingerprint density at radius 1 is 0.418 bits per heavy atom. The normalized spacial score (nSPS) is 13.2. The molecular formula is C51H31N3O. The van der Waals surface area contributed by atoms with E-state index in [0.717, 1.165) is 61.0 Å². The van der Waals surface area contributed by atoms with Gasteiger partial charge in [0.1, 0.15) is 11.2 Å². The Bertz CT molecular complexity index is 3280. The first-order valence-corrected chi connectivity index (χ1v) is 18.7. The largest absolute Gasteiger partial charge is 0.455 e. The summed E-state index contributed by atoms with van der Waals surface area (Å²) in [5.74, 6) is 0.822. The number of pyridine rings is 1. The topological polar surface area (TPSA) is 43.3 Å². The summed E-state index contributed by atoms with van der Waals surface area (Å²) in [6, 6.07) is 67.6. The van der Waals surface area contributed by atoms with Crippen molar-refractivity contribution in [3.8, 4) is 33.6 Å².